The lowest BCUT2D eigenvalue weighted by Gasteiger charge is -2.18. The number of carboxylic acid groups (broad SMARTS) is 1. The second-order valence-electron chi connectivity index (χ2n) is 15.1. The fourth-order valence-corrected chi connectivity index (χ4v) is 6.52. The Morgan fingerprint density at radius 3 is 1.59 bits per heavy atom. The van der Waals surface area contributed by atoms with Crippen LogP contribution in [0.4, 0.5) is 0 Å². The largest absolute Gasteiger partial charge is 0.480 e. The van der Waals surface area contributed by atoms with Gasteiger partial charge in [-0.1, -0.05) is 140 Å². The van der Waals surface area contributed by atoms with Crippen LogP contribution in [0.2, 0.25) is 0 Å². The molecule has 0 aliphatic carbocycles. The van der Waals surface area contributed by atoms with Crippen LogP contribution in [0.5, 0.6) is 0 Å². The molecule has 0 radical (unpaired) electrons. The molecule has 0 aromatic carbocycles. The molecule has 0 saturated carbocycles. The average molecular weight is 757 g/mol. The Hall–Kier alpha value is -2.67. The van der Waals surface area contributed by atoms with Crippen molar-refractivity contribution in [1.29, 1.82) is 0 Å². The van der Waals surface area contributed by atoms with Crippen LogP contribution in [0.15, 0.2) is 48.6 Å². The number of esters is 1. The Morgan fingerprint density at radius 2 is 1.02 bits per heavy atom. The number of carboxylic acids is 1. The van der Waals surface area contributed by atoms with Gasteiger partial charge in [0.05, 0.1) is 0 Å². The number of aliphatic carboxylic acids is 1. The van der Waals surface area contributed by atoms with Crippen molar-refractivity contribution in [3.8, 4) is 0 Å². The van der Waals surface area contributed by atoms with Crippen molar-refractivity contribution >= 4 is 17.8 Å². The van der Waals surface area contributed by atoms with Crippen LogP contribution in [0.25, 0.3) is 0 Å². The smallest absolute Gasteiger partial charge is 0.326 e. The topological polar surface area (TPSA) is 119 Å². The summed E-state index contributed by atoms with van der Waals surface area (Å²) in [6.45, 7) is 4.83. The molecule has 1 amide bonds. The molecule has 54 heavy (non-hydrogen) atoms. The maximum Gasteiger partial charge on any atom is 0.326 e. The van der Waals surface area contributed by atoms with Crippen LogP contribution in [0, 0.1) is 0 Å². The predicted octanol–water partition coefficient (Wildman–Crippen LogP) is 12.8. The van der Waals surface area contributed by atoms with Crippen LogP contribution in [0.1, 0.15) is 213 Å². The molecule has 4 N–H and O–H groups in total. The molecular formula is C47H84N2O5. The summed E-state index contributed by atoms with van der Waals surface area (Å²) in [7, 11) is 0. The van der Waals surface area contributed by atoms with Crippen molar-refractivity contribution in [3.05, 3.63) is 48.6 Å². The Bertz CT molecular complexity index is 989. The Balaban J connectivity index is 4.41. The first kappa shape index (κ1) is 51.3. The molecule has 0 aliphatic heterocycles. The first-order chi connectivity index (χ1) is 26.4. The number of hydrogen-bond acceptors (Lipinski definition) is 5. The van der Waals surface area contributed by atoms with Gasteiger partial charge in [0.2, 0.25) is 5.91 Å². The van der Waals surface area contributed by atoms with Gasteiger partial charge in [0.15, 0.2) is 0 Å². The molecule has 312 valence electrons. The minimum atomic E-state index is -1.01. The first-order valence-corrected chi connectivity index (χ1v) is 22.5. The average Bonchev–Trinajstić information content (AvgIpc) is 3.16. The van der Waals surface area contributed by atoms with Gasteiger partial charge in [-0.2, -0.15) is 0 Å². The zero-order valence-corrected chi connectivity index (χ0v) is 35.1. The Morgan fingerprint density at radius 1 is 0.556 bits per heavy atom. The normalized spacial score (nSPS) is 13.1. The van der Waals surface area contributed by atoms with E-state index in [4.69, 9.17) is 10.5 Å². The lowest BCUT2D eigenvalue weighted by Crippen LogP contribution is -2.40. The molecule has 7 nitrogen and oxygen atoms in total. The fourth-order valence-electron chi connectivity index (χ4n) is 6.52. The van der Waals surface area contributed by atoms with Gasteiger partial charge in [0.1, 0.15) is 12.1 Å². The summed E-state index contributed by atoms with van der Waals surface area (Å²) < 4.78 is 6.03. The summed E-state index contributed by atoms with van der Waals surface area (Å²) in [5, 5.41) is 11.9. The van der Waals surface area contributed by atoms with Crippen molar-refractivity contribution in [1.82, 2.24) is 5.32 Å². The van der Waals surface area contributed by atoms with E-state index in [-0.39, 0.29) is 18.0 Å². The third-order valence-corrected chi connectivity index (χ3v) is 9.88. The Kier molecular flexibility index (Phi) is 39.4. The number of nitrogens with one attached hydrogen (secondary N) is 1. The minimum absolute atomic E-state index is 0.0179. The van der Waals surface area contributed by atoms with Gasteiger partial charge in [-0.05, 0) is 116 Å². The molecule has 0 aromatic rings. The van der Waals surface area contributed by atoms with Gasteiger partial charge >= 0.3 is 11.9 Å². The molecule has 7 heteroatoms. The molecule has 0 fully saturated rings. The monoisotopic (exact) mass is 757 g/mol. The standard InChI is InChI=1S/C47H84N2O5/c1-3-5-7-9-11-13-15-17-18-20-21-23-25-28-32-37-43(38-33-29-27-30-34-40-45(50)49-44(47(52)53)39-36-42-48)54-46(51)41-35-31-26-24-22-19-16-14-12-10-8-6-4-2/h6,8,12,14,19-22,43-44H,3-5,7,9-11,13,15-18,23-42,48H2,1-2H3,(H,49,50)(H,52,53)/b8-6-,14-12-,21-20-,22-19-. The highest BCUT2D eigenvalue weighted by atomic mass is 16.5. The van der Waals surface area contributed by atoms with Crippen LogP contribution in [-0.4, -0.2) is 41.6 Å². The fraction of sp³-hybridized carbons (Fsp3) is 0.766. The van der Waals surface area contributed by atoms with Crippen LogP contribution in [0.3, 0.4) is 0 Å². The van der Waals surface area contributed by atoms with E-state index >= 15 is 0 Å². The van der Waals surface area contributed by atoms with Gasteiger partial charge < -0.3 is 20.9 Å². The maximum atomic E-state index is 12.8. The quantitative estimate of drug-likeness (QED) is 0.0325. The summed E-state index contributed by atoms with van der Waals surface area (Å²) >= 11 is 0. The van der Waals surface area contributed by atoms with Gasteiger partial charge in [-0.3, -0.25) is 9.59 Å². The van der Waals surface area contributed by atoms with Crippen molar-refractivity contribution < 1.29 is 24.2 Å². The lowest BCUT2D eigenvalue weighted by atomic mass is 10.0. The molecule has 0 saturated heterocycles. The van der Waals surface area contributed by atoms with Crippen LogP contribution < -0.4 is 11.1 Å². The Labute approximate surface area is 332 Å². The number of allylic oxidation sites excluding steroid dienone is 8. The molecule has 0 heterocycles. The van der Waals surface area contributed by atoms with E-state index in [9.17, 15) is 19.5 Å². The molecule has 0 aromatic heterocycles. The molecule has 0 bridgehead atoms. The summed E-state index contributed by atoms with van der Waals surface area (Å²) in [6, 6.07) is -0.861. The summed E-state index contributed by atoms with van der Waals surface area (Å²) in [5.41, 5.74) is 5.49. The number of carbonyl (C=O) groups excluding carboxylic acids is 2. The van der Waals surface area contributed by atoms with E-state index < -0.39 is 12.0 Å². The third kappa shape index (κ3) is 37.6. The number of nitrogens with two attached hydrogens (primary N) is 1. The van der Waals surface area contributed by atoms with Crippen molar-refractivity contribution in [2.24, 2.45) is 5.73 Å². The molecular weight excluding hydrogens is 673 g/mol. The number of amides is 1. The molecule has 0 spiro atoms. The van der Waals surface area contributed by atoms with Crippen molar-refractivity contribution in [2.75, 3.05) is 6.54 Å². The van der Waals surface area contributed by atoms with Gasteiger partial charge in [0, 0.05) is 12.8 Å². The van der Waals surface area contributed by atoms with E-state index in [0.717, 1.165) is 109 Å². The predicted molar refractivity (Wildman–Crippen MR) is 230 cm³/mol. The van der Waals surface area contributed by atoms with Crippen molar-refractivity contribution in [2.45, 2.75) is 225 Å². The van der Waals surface area contributed by atoms with E-state index in [1.165, 1.54) is 64.2 Å². The van der Waals surface area contributed by atoms with Gasteiger partial charge in [0.25, 0.3) is 0 Å². The molecule has 0 aliphatic rings. The second-order valence-corrected chi connectivity index (χ2v) is 15.1. The highest BCUT2D eigenvalue weighted by molar-refractivity contribution is 5.83. The zero-order chi connectivity index (χ0) is 39.6. The summed E-state index contributed by atoms with van der Waals surface area (Å²) in [5.74, 6) is -1.27. The maximum absolute atomic E-state index is 12.8. The van der Waals surface area contributed by atoms with Crippen LogP contribution >= 0.6 is 0 Å². The number of hydrogen-bond donors (Lipinski definition) is 3. The lowest BCUT2D eigenvalue weighted by molar-refractivity contribution is -0.150. The van der Waals surface area contributed by atoms with Crippen molar-refractivity contribution in [3.63, 3.8) is 0 Å². The zero-order valence-electron chi connectivity index (χ0n) is 35.1. The SMILES string of the molecule is CC/C=C\C/C=C\C/C=C\CCCCCC(=O)OC(CCCCC/C=C\CCCCCCCCCC)CCCCCCCC(=O)NC(CCCN)C(=O)O. The summed E-state index contributed by atoms with van der Waals surface area (Å²) in [6.07, 6.45) is 50.1. The van der Waals surface area contributed by atoms with Crippen LogP contribution in [-0.2, 0) is 19.1 Å². The van der Waals surface area contributed by atoms with Gasteiger partial charge in [-0.15, -0.1) is 0 Å². The van der Waals surface area contributed by atoms with Gasteiger partial charge in [-0.25, -0.2) is 4.79 Å². The minimum Gasteiger partial charge on any atom is -0.480 e. The number of carbonyl (C=O) groups is 3. The molecule has 2 unspecified atom stereocenters. The van der Waals surface area contributed by atoms with E-state index in [2.05, 4.69) is 67.8 Å². The molecule has 2 atom stereocenters. The highest BCUT2D eigenvalue weighted by Crippen LogP contribution is 2.18. The molecule has 0 rings (SSSR count). The number of unbranched alkanes of at least 4 members (excludes halogenated alkanes) is 18. The number of ether oxygens (including phenoxy) is 1. The number of rotatable bonds is 40. The summed E-state index contributed by atoms with van der Waals surface area (Å²) in [4.78, 5) is 36.4. The van der Waals surface area contributed by atoms with E-state index in [1.54, 1.807) is 0 Å². The highest BCUT2D eigenvalue weighted by Gasteiger charge is 2.19. The van der Waals surface area contributed by atoms with E-state index in [1.807, 2.05) is 0 Å². The van der Waals surface area contributed by atoms with E-state index in [0.29, 0.717) is 32.2 Å². The third-order valence-electron chi connectivity index (χ3n) is 9.88. The first-order valence-electron chi connectivity index (χ1n) is 22.5. The second kappa shape index (κ2) is 41.5.